The maximum Gasteiger partial charge on any atom is 0.536 e. The molecule has 0 saturated carbocycles. The van der Waals surface area contributed by atoms with Crippen LogP contribution in [-0.2, 0) is 22.9 Å². The fourth-order valence-corrected chi connectivity index (χ4v) is 4.06. The summed E-state index contributed by atoms with van der Waals surface area (Å²) in [6.45, 7) is 0. The highest BCUT2D eigenvalue weighted by Gasteiger charge is 2.41. The summed E-state index contributed by atoms with van der Waals surface area (Å²) >= 11 is 0. The van der Waals surface area contributed by atoms with Crippen LogP contribution in [0, 0.1) is 0 Å². The lowest BCUT2D eigenvalue weighted by atomic mass is 10.3. The van der Waals surface area contributed by atoms with Crippen LogP contribution in [0.5, 0.6) is 0 Å². The van der Waals surface area contributed by atoms with Gasteiger partial charge in [0.2, 0.25) is 11.8 Å². The number of benzene rings is 1. The number of carbonyl (C=O) groups excluding carboxylic acids is 2. The Morgan fingerprint density at radius 3 is 1.75 bits per heavy atom. The zero-order chi connectivity index (χ0) is 14.8. The van der Waals surface area contributed by atoms with Gasteiger partial charge in [-0.15, -0.1) is 0 Å². The molecular weight excluding hydrogens is 278 g/mol. The van der Waals surface area contributed by atoms with Crippen molar-refractivity contribution in [2.45, 2.75) is 12.8 Å². The molecule has 7 heteroatoms. The molecule has 0 N–H and O–H groups in total. The van der Waals surface area contributed by atoms with Crippen molar-refractivity contribution >= 4 is 31.5 Å². The zero-order valence-corrected chi connectivity index (χ0v) is 12.7. The molecule has 0 bridgehead atoms. The quantitative estimate of drug-likeness (QED) is 0.582. The number of anilines is 1. The summed E-state index contributed by atoms with van der Waals surface area (Å²) in [5.74, 6) is -0.340. The molecule has 108 valence electrons. The smallest absolute Gasteiger partial charge is 0.373 e. The first-order valence-corrected chi connectivity index (χ1v) is 7.92. The number of imide groups is 1. The first kappa shape index (κ1) is 14.9. The summed E-state index contributed by atoms with van der Waals surface area (Å²) in [6, 6.07) is 6.93. The second-order valence-electron chi connectivity index (χ2n) is 4.34. The van der Waals surface area contributed by atoms with E-state index in [1.807, 2.05) is 0 Å². The number of amides is 2. The predicted octanol–water partition coefficient (Wildman–Crippen LogP) is 0.425. The third-order valence-corrected chi connectivity index (χ3v) is 5.99. The van der Waals surface area contributed by atoms with Crippen molar-refractivity contribution in [3.63, 3.8) is 0 Å². The Morgan fingerprint density at radius 1 is 0.900 bits per heavy atom. The van der Waals surface area contributed by atoms with Crippen LogP contribution in [0.25, 0.3) is 0 Å². The van der Waals surface area contributed by atoms with E-state index in [0.717, 1.165) is 5.19 Å². The van der Waals surface area contributed by atoms with Crippen molar-refractivity contribution < 1.29 is 22.9 Å². The predicted molar refractivity (Wildman–Crippen MR) is 74.6 cm³/mol. The molecule has 0 aliphatic carbocycles. The summed E-state index contributed by atoms with van der Waals surface area (Å²) in [6.07, 6.45) is 0.543. The molecule has 2 rings (SSSR count). The third kappa shape index (κ3) is 2.40. The summed E-state index contributed by atoms with van der Waals surface area (Å²) in [5.41, 5.74) is 0.562. The van der Waals surface area contributed by atoms with Crippen LogP contribution in [0.3, 0.4) is 0 Å². The largest absolute Gasteiger partial charge is 0.536 e. The van der Waals surface area contributed by atoms with Crippen LogP contribution in [0.4, 0.5) is 5.69 Å². The lowest BCUT2D eigenvalue weighted by Crippen LogP contribution is -2.54. The Morgan fingerprint density at radius 2 is 1.35 bits per heavy atom. The van der Waals surface area contributed by atoms with Gasteiger partial charge in [0.15, 0.2) is 0 Å². The highest BCUT2D eigenvalue weighted by Crippen LogP contribution is 2.22. The molecule has 1 saturated heterocycles. The Labute approximate surface area is 118 Å². The molecule has 0 spiro atoms. The molecule has 1 aliphatic heterocycles. The molecule has 1 aromatic carbocycles. The van der Waals surface area contributed by atoms with Gasteiger partial charge in [-0.25, -0.2) is 0 Å². The Balaban J connectivity index is 2.30. The third-order valence-electron chi connectivity index (χ3n) is 3.34. The number of hydrogen-bond donors (Lipinski definition) is 0. The maximum atomic E-state index is 11.7. The Bertz CT molecular complexity index is 488. The Hall–Kier alpha value is -1.54. The van der Waals surface area contributed by atoms with E-state index in [1.165, 1.54) is 26.2 Å². The minimum atomic E-state index is -2.88. The van der Waals surface area contributed by atoms with Crippen LogP contribution in [0.2, 0.25) is 0 Å². The number of rotatable bonds is 5. The molecule has 0 unspecified atom stereocenters. The van der Waals surface area contributed by atoms with Crippen LogP contribution in [0.15, 0.2) is 24.3 Å². The fraction of sp³-hybridized carbons (Fsp3) is 0.385. The first-order valence-electron chi connectivity index (χ1n) is 6.19. The van der Waals surface area contributed by atoms with Crippen molar-refractivity contribution in [2.75, 3.05) is 26.2 Å². The van der Waals surface area contributed by atoms with E-state index in [4.69, 9.17) is 13.3 Å². The molecule has 1 aromatic rings. The van der Waals surface area contributed by atoms with Crippen molar-refractivity contribution in [3.05, 3.63) is 24.3 Å². The van der Waals surface area contributed by atoms with E-state index in [1.54, 1.807) is 24.3 Å². The average Bonchev–Trinajstić information content (AvgIpc) is 2.82. The summed E-state index contributed by atoms with van der Waals surface area (Å²) in [5, 5.41) is 0.771. The molecule has 0 atom stereocenters. The summed E-state index contributed by atoms with van der Waals surface area (Å²) < 4.78 is 16.1. The second-order valence-corrected chi connectivity index (χ2v) is 7.25. The van der Waals surface area contributed by atoms with Crippen LogP contribution < -0.4 is 10.1 Å². The lowest BCUT2D eigenvalue weighted by Gasteiger charge is -2.25. The van der Waals surface area contributed by atoms with Gasteiger partial charge in [-0.2, -0.15) is 0 Å². The number of carbonyl (C=O) groups is 2. The first-order chi connectivity index (χ1) is 9.57. The van der Waals surface area contributed by atoms with Gasteiger partial charge in [0.05, 0.1) is 5.69 Å². The van der Waals surface area contributed by atoms with E-state index in [2.05, 4.69) is 0 Å². The second kappa shape index (κ2) is 5.84. The SMILES string of the molecule is CO[Si](OC)(OC)c1ccc(N2C(=O)CCC2=O)cc1. The van der Waals surface area contributed by atoms with Gasteiger partial charge in [0.25, 0.3) is 0 Å². The molecule has 0 radical (unpaired) electrons. The van der Waals surface area contributed by atoms with Crippen LogP contribution in [0.1, 0.15) is 12.8 Å². The van der Waals surface area contributed by atoms with Gasteiger partial charge in [-0.1, -0.05) is 12.1 Å². The van der Waals surface area contributed by atoms with E-state index in [-0.39, 0.29) is 24.7 Å². The molecule has 0 aromatic heterocycles. The molecule has 1 heterocycles. The van der Waals surface area contributed by atoms with Gasteiger partial charge in [0.1, 0.15) is 0 Å². The van der Waals surface area contributed by atoms with E-state index < -0.39 is 8.80 Å². The minimum absolute atomic E-state index is 0.170. The summed E-state index contributed by atoms with van der Waals surface area (Å²) in [4.78, 5) is 24.6. The lowest BCUT2D eigenvalue weighted by molar-refractivity contribution is -0.121. The van der Waals surface area contributed by atoms with Crippen molar-refractivity contribution in [3.8, 4) is 0 Å². The van der Waals surface area contributed by atoms with Crippen LogP contribution in [-0.4, -0.2) is 41.9 Å². The number of nitrogens with zero attached hydrogens (tertiary/aromatic N) is 1. The normalized spacial score (nSPS) is 16.1. The maximum absolute atomic E-state index is 11.7. The minimum Gasteiger partial charge on any atom is -0.373 e. The highest BCUT2D eigenvalue weighted by molar-refractivity contribution is 6.75. The monoisotopic (exact) mass is 295 g/mol. The van der Waals surface area contributed by atoms with Gasteiger partial charge in [-0.05, 0) is 12.1 Å². The molecule has 6 nitrogen and oxygen atoms in total. The van der Waals surface area contributed by atoms with Gasteiger partial charge >= 0.3 is 8.80 Å². The van der Waals surface area contributed by atoms with Crippen molar-refractivity contribution in [2.24, 2.45) is 0 Å². The zero-order valence-electron chi connectivity index (χ0n) is 11.7. The molecule has 1 fully saturated rings. The van der Waals surface area contributed by atoms with Gasteiger partial charge in [-0.3, -0.25) is 14.5 Å². The van der Waals surface area contributed by atoms with Gasteiger partial charge < -0.3 is 13.3 Å². The number of hydrogen-bond acceptors (Lipinski definition) is 5. The average molecular weight is 295 g/mol. The standard InChI is InChI=1S/C13H17NO5Si/c1-17-20(18-2,19-3)11-6-4-10(5-7-11)14-12(15)8-9-13(14)16/h4-7H,8-9H2,1-3H3. The van der Waals surface area contributed by atoms with Gasteiger partial charge in [0, 0.05) is 39.4 Å². The van der Waals surface area contributed by atoms with E-state index >= 15 is 0 Å². The molecule has 2 amide bonds. The molecular formula is C13H17NO5Si. The van der Waals surface area contributed by atoms with E-state index in [9.17, 15) is 9.59 Å². The van der Waals surface area contributed by atoms with Crippen LogP contribution >= 0.6 is 0 Å². The Kier molecular flexibility index (Phi) is 4.34. The molecule has 1 aliphatic rings. The topological polar surface area (TPSA) is 65.1 Å². The van der Waals surface area contributed by atoms with E-state index in [0.29, 0.717) is 5.69 Å². The highest BCUT2D eigenvalue weighted by atomic mass is 28.4. The van der Waals surface area contributed by atoms with Crippen molar-refractivity contribution in [1.29, 1.82) is 0 Å². The molecule has 20 heavy (non-hydrogen) atoms. The fourth-order valence-electron chi connectivity index (χ4n) is 2.28. The van der Waals surface area contributed by atoms with Crippen molar-refractivity contribution in [1.82, 2.24) is 0 Å². The summed E-state index contributed by atoms with van der Waals surface area (Å²) in [7, 11) is 1.71.